The van der Waals surface area contributed by atoms with Crippen molar-refractivity contribution in [1.29, 1.82) is 0 Å². The van der Waals surface area contributed by atoms with E-state index in [2.05, 4.69) is 0 Å². The van der Waals surface area contributed by atoms with Crippen molar-refractivity contribution in [1.82, 2.24) is 0 Å². The van der Waals surface area contributed by atoms with Crippen LogP contribution in [-0.2, 0) is 0 Å². The topological polar surface area (TPSA) is 104 Å². The first-order chi connectivity index (χ1) is 5.52. The highest BCUT2D eigenvalue weighted by Crippen LogP contribution is 2.12. The predicted octanol–water partition coefficient (Wildman–Crippen LogP) is -0.881. The number of nitrogens with two attached hydrogens (primary N) is 4. The molecular weight excluding hydrogens is 152 g/mol. The second-order valence-corrected chi connectivity index (χ2v) is 3.73. The SMILES string of the molecule is CC(N)(CCN)CC(N)CCN. The fourth-order valence-corrected chi connectivity index (χ4v) is 1.35. The van der Waals surface area contributed by atoms with Gasteiger partial charge in [-0.2, -0.15) is 0 Å². The Hall–Kier alpha value is -0.160. The summed E-state index contributed by atoms with van der Waals surface area (Å²) in [6.07, 6.45) is 2.43. The lowest BCUT2D eigenvalue weighted by Gasteiger charge is -2.27. The van der Waals surface area contributed by atoms with Gasteiger partial charge in [0.2, 0.25) is 0 Å². The van der Waals surface area contributed by atoms with Gasteiger partial charge in [-0.05, 0) is 39.3 Å². The highest BCUT2D eigenvalue weighted by molar-refractivity contribution is 4.83. The molecule has 0 rings (SSSR count). The van der Waals surface area contributed by atoms with Gasteiger partial charge < -0.3 is 22.9 Å². The molecule has 0 fully saturated rings. The van der Waals surface area contributed by atoms with Crippen molar-refractivity contribution in [2.75, 3.05) is 13.1 Å². The Morgan fingerprint density at radius 1 is 1.25 bits per heavy atom. The largest absolute Gasteiger partial charge is 0.330 e. The van der Waals surface area contributed by atoms with Crippen molar-refractivity contribution < 1.29 is 0 Å². The van der Waals surface area contributed by atoms with E-state index in [1.807, 2.05) is 6.92 Å². The zero-order chi connectivity index (χ0) is 9.61. The third-order valence-electron chi connectivity index (χ3n) is 1.98. The van der Waals surface area contributed by atoms with E-state index >= 15 is 0 Å². The quantitative estimate of drug-likeness (QED) is 0.419. The summed E-state index contributed by atoms with van der Waals surface area (Å²) in [6.45, 7) is 3.22. The molecular formula is C8H22N4. The average molecular weight is 174 g/mol. The third-order valence-corrected chi connectivity index (χ3v) is 1.98. The Bertz CT molecular complexity index is 114. The molecule has 0 spiro atoms. The Kier molecular flexibility index (Phi) is 5.41. The molecule has 0 radical (unpaired) electrons. The van der Waals surface area contributed by atoms with Gasteiger partial charge in [-0.1, -0.05) is 0 Å². The lowest BCUT2D eigenvalue weighted by molar-refractivity contribution is 0.362. The van der Waals surface area contributed by atoms with Gasteiger partial charge in [0.25, 0.3) is 0 Å². The van der Waals surface area contributed by atoms with Crippen LogP contribution in [0.5, 0.6) is 0 Å². The molecule has 0 amide bonds. The second-order valence-electron chi connectivity index (χ2n) is 3.73. The summed E-state index contributed by atoms with van der Waals surface area (Å²) in [5, 5.41) is 0. The fourth-order valence-electron chi connectivity index (χ4n) is 1.35. The van der Waals surface area contributed by atoms with Crippen molar-refractivity contribution >= 4 is 0 Å². The van der Waals surface area contributed by atoms with Crippen LogP contribution in [0.2, 0.25) is 0 Å². The minimum atomic E-state index is -0.233. The van der Waals surface area contributed by atoms with Crippen LogP contribution in [0.3, 0.4) is 0 Å². The van der Waals surface area contributed by atoms with E-state index in [0.717, 1.165) is 19.3 Å². The molecule has 0 aromatic heterocycles. The lowest BCUT2D eigenvalue weighted by atomic mass is 9.90. The molecule has 4 heteroatoms. The first kappa shape index (κ1) is 11.8. The molecule has 0 aliphatic heterocycles. The molecule has 12 heavy (non-hydrogen) atoms. The molecule has 0 aromatic rings. The summed E-state index contributed by atoms with van der Waals surface area (Å²) in [7, 11) is 0. The first-order valence-electron chi connectivity index (χ1n) is 4.46. The molecule has 2 unspecified atom stereocenters. The minimum Gasteiger partial charge on any atom is -0.330 e. The van der Waals surface area contributed by atoms with Crippen LogP contribution in [0.1, 0.15) is 26.2 Å². The van der Waals surface area contributed by atoms with Gasteiger partial charge in [0, 0.05) is 11.6 Å². The standard InChI is InChI=1S/C8H22N4/c1-8(12,3-5-10)6-7(11)2-4-9/h7H,2-6,9-12H2,1H3. The number of rotatable bonds is 6. The van der Waals surface area contributed by atoms with Crippen molar-refractivity contribution in [2.24, 2.45) is 22.9 Å². The van der Waals surface area contributed by atoms with Crippen LogP contribution in [0.15, 0.2) is 0 Å². The number of hydrogen-bond acceptors (Lipinski definition) is 4. The molecule has 0 heterocycles. The monoisotopic (exact) mass is 174 g/mol. The van der Waals surface area contributed by atoms with Crippen molar-refractivity contribution in [3.05, 3.63) is 0 Å². The summed E-state index contributed by atoms with van der Waals surface area (Å²) in [5.41, 5.74) is 22.3. The van der Waals surface area contributed by atoms with Gasteiger partial charge in [0.1, 0.15) is 0 Å². The molecule has 8 N–H and O–H groups in total. The molecule has 0 aliphatic carbocycles. The van der Waals surface area contributed by atoms with Gasteiger partial charge in [-0.3, -0.25) is 0 Å². The predicted molar refractivity (Wildman–Crippen MR) is 52.5 cm³/mol. The normalized spacial score (nSPS) is 18.8. The molecule has 74 valence electrons. The summed E-state index contributed by atoms with van der Waals surface area (Å²) < 4.78 is 0. The lowest BCUT2D eigenvalue weighted by Crippen LogP contribution is -2.44. The highest BCUT2D eigenvalue weighted by atomic mass is 14.8. The molecule has 0 saturated carbocycles. The van der Waals surface area contributed by atoms with E-state index in [0.29, 0.717) is 13.1 Å². The molecule has 4 nitrogen and oxygen atoms in total. The smallest absolute Gasteiger partial charge is 0.0152 e. The Labute approximate surface area is 74.7 Å². The minimum absolute atomic E-state index is 0.108. The van der Waals surface area contributed by atoms with Gasteiger partial charge in [0.05, 0.1) is 0 Å². The molecule has 0 saturated heterocycles. The van der Waals surface area contributed by atoms with Crippen LogP contribution < -0.4 is 22.9 Å². The van der Waals surface area contributed by atoms with Gasteiger partial charge in [-0.15, -0.1) is 0 Å². The van der Waals surface area contributed by atoms with Crippen LogP contribution in [-0.4, -0.2) is 24.7 Å². The fraction of sp³-hybridized carbons (Fsp3) is 1.00. The van der Waals surface area contributed by atoms with Crippen molar-refractivity contribution in [3.63, 3.8) is 0 Å². The Morgan fingerprint density at radius 2 is 1.83 bits per heavy atom. The average Bonchev–Trinajstić information content (AvgIpc) is 1.85. The molecule has 0 aliphatic rings. The molecule has 0 aromatic carbocycles. The Balaban J connectivity index is 3.70. The maximum atomic E-state index is 5.96. The van der Waals surface area contributed by atoms with E-state index in [4.69, 9.17) is 22.9 Å². The zero-order valence-electron chi connectivity index (χ0n) is 7.92. The Morgan fingerprint density at radius 3 is 2.25 bits per heavy atom. The van der Waals surface area contributed by atoms with Crippen LogP contribution in [0.4, 0.5) is 0 Å². The van der Waals surface area contributed by atoms with Gasteiger partial charge in [0.15, 0.2) is 0 Å². The van der Waals surface area contributed by atoms with Crippen LogP contribution >= 0.6 is 0 Å². The summed E-state index contributed by atoms with van der Waals surface area (Å²) >= 11 is 0. The maximum absolute atomic E-state index is 5.96. The zero-order valence-corrected chi connectivity index (χ0v) is 7.92. The molecule has 0 bridgehead atoms. The van der Waals surface area contributed by atoms with Gasteiger partial charge >= 0.3 is 0 Å². The van der Waals surface area contributed by atoms with Crippen LogP contribution in [0, 0.1) is 0 Å². The maximum Gasteiger partial charge on any atom is 0.0152 e. The summed E-state index contributed by atoms with van der Waals surface area (Å²) in [5.74, 6) is 0. The highest BCUT2D eigenvalue weighted by Gasteiger charge is 2.20. The van der Waals surface area contributed by atoms with E-state index in [9.17, 15) is 0 Å². The van der Waals surface area contributed by atoms with E-state index in [-0.39, 0.29) is 11.6 Å². The van der Waals surface area contributed by atoms with Gasteiger partial charge in [-0.25, -0.2) is 0 Å². The second kappa shape index (κ2) is 5.48. The van der Waals surface area contributed by atoms with E-state index < -0.39 is 0 Å². The van der Waals surface area contributed by atoms with Crippen molar-refractivity contribution in [3.8, 4) is 0 Å². The number of hydrogen-bond donors (Lipinski definition) is 4. The summed E-state index contributed by atoms with van der Waals surface area (Å²) in [6, 6.07) is 0.108. The molecule has 2 atom stereocenters. The third kappa shape index (κ3) is 5.49. The van der Waals surface area contributed by atoms with Crippen LogP contribution in [0.25, 0.3) is 0 Å². The van der Waals surface area contributed by atoms with E-state index in [1.165, 1.54) is 0 Å². The first-order valence-corrected chi connectivity index (χ1v) is 4.46. The van der Waals surface area contributed by atoms with Crippen molar-refractivity contribution in [2.45, 2.75) is 37.8 Å². The van der Waals surface area contributed by atoms with E-state index in [1.54, 1.807) is 0 Å². The summed E-state index contributed by atoms with van der Waals surface area (Å²) in [4.78, 5) is 0.